The highest BCUT2D eigenvalue weighted by molar-refractivity contribution is 8.00. The van der Waals surface area contributed by atoms with Gasteiger partial charge >= 0.3 is 6.18 Å². The second kappa shape index (κ2) is 8.57. The molecule has 0 radical (unpaired) electrons. The highest BCUT2D eigenvalue weighted by Crippen LogP contribution is 2.29. The third-order valence-corrected chi connectivity index (χ3v) is 4.28. The summed E-state index contributed by atoms with van der Waals surface area (Å²) in [6, 6.07) is 11.4. The van der Waals surface area contributed by atoms with E-state index in [1.165, 1.54) is 36.0 Å². The molecule has 0 spiro atoms. The predicted molar refractivity (Wildman–Crippen MR) is 95.5 cm³/mol. The van der Waals surface area contributed by atoms with E-state index in [2.05, 4.69) is 5.32 Å². The first-order chi connectivity index (χ1) is 12.3. The summed E-state index contributed by atoms with van der Waals surface area (Å²) < 4.78 is 37.5. The molecule has 136 valence electrons. The Kier molecular flexibility index (Phi) is 6.46. The summed E-state index contributed by atoms with van der Waals surface area (Å²) in [7, 11) is 0. The highest BCUT2D eigenvalue weighted by Gasteiger charge is 2.29. The summed E-state index contributed by atoms with van der Waals surface area (Å²) in [4.78, 5) is 23.6. The van der Waals surface area contributed by atoms with Gasteiger partial charge in [0.15, 0.2) is 0 Å². The Labute approximate surface area is 152 Å². The van der Waals surface area contributed by atoms with Crippen molar-refractivity contribution >= 4 is 35.3 Å². The Bertz CT molecular complexity index is 818. The minimum Gasteiger partial charge on any atom is -0.369 e. The minimum absolute atomic E-state index is 0.0777. The number of hydrogen-bond acceptors (Lipinski definition) is 3. The molecule has 4 nitrogen and oxygen atoms in total. The quantitative estimate of drug-likeness (QED) is 0.589. The maximum absolute atomic E-state index is 12.5. The van der Waals surface area contributed by atoms with Crippen molar-refractivity contribution in [3.05, 3.63) is 65.7 Å². The van der Waals surface area contributed by atoms with E-state index in [0.717, 1.165) is 12.1 Å². The van der Waals surface area contributed by atoms with E-state index >= 15 is 0 Å². The van der Waals surface area contributed by atoms with Gasteiger partial charge in [-0.25, -0.2) is 0 Å². The number of nitrogens with two attached hydrogens (primary N) is 1. The molecule has 2 amide bonds. The third kappa shape index (κ3) is 5.96. The van der Waals surface area contributed by atoms with E-state index in [1.54, 1.807) is 24.3 Å². The lowest BCUT2D eigenvalue weighted by Crippen LogP contribution is -2.13. The van der Waals surface area contributed by atoms with Crippen molar-refractivity contribution in [2.45, 2.75) is 11.1 Å². The van der Waals surface area contributed by atoms with Crippen LogP contribution in [0.5, 0.6) is 0 Å². The molecule has 0 atom stereocenters. The number of alkyl halides is 3. The molecule has 0 aliphatic carbocycles. The fourth-order valence-electron chi connectivity index (χ4n) is 1.97. The van der Waals surface area contributed by atoms with Crippen molar-refractivity contribution in [1.82, 2.24) is 0 Å². The zero-order valence-corrected chi connectivity index (χ0v) is 14.2. The standard InChI is InChI=1S/C18H15F3N2O2S/c19-18(20,21)13-8-5-12(6-9-13)7-10-17(25)23-14-3-1-2-4-15(14)26-11-16(22)24/h1-10H,11H2,(H2,22,24)(H,23,25). The van der Waals surface area contributed by atoms with Gasteiger partial charge in [-0.3, -0.25) is 9.59 Å². The van der Waals surface area contributed by atoms with E-state index < -0.39 is 23.6 Å². The molecule has 2 rings (SSSR count). The van der Waals surface area contributed by atoms with Gasteiger partial charge in [0.05, 0.1) is 17.0 Å². The number of hydrogen-bond donors (Lipinski definition) is 2. The Balaban J connectivity index is 2.02. The van der Waals surface area contributed by atoms with Crippen molar-refractivity contribution in [2.24, 2.45) is 5.73 Å². The van der Waals surface area contributed by atoms with Gasteiger partial charge in [0, 0.05) is 11.0 Å². The van der Waals surface area contributed by atoms with Crippen LogP contribution in [0, 0.1) is 0 Å². The van der Waals surface area contributed by atoms with Crippen molar-refractivity contribution in [2.75, 3.05) is 11.1 Å². The van der Waals surface area contributed by atoms with Gasteiger partial charge in [-0.1, -0.05) is 24.3 Å². The van der Waals surface area contributed by atoms with Crippen LogP contribution in [0.2, 0.25) is 0 Å². The first kappa shape index (κ1) is 19.6. The highest BCUT2D eigenvalue weighted by atomic mass is 32.2. The number of carbonyl (C=O) groups is 2. The molecule has 2 aromatic rings. The number of anilines is 1. The van der Waals surface area contributed by atoms with Gasteiger partial charge < -0.3 is 11.1 Å². The Hall–Kier alpha value is -2.74. The van der Waals surface area contributed by atoms with Crippen LogP contribution in [0.1, 0.15) is 11.1 Å². The Morgan fingerprint density at radius 2 is 1.73 bits per heavy atom. The number of rotatable bonds is 6. The van der Waals surface area contributed by atoms with Crippen molar-refractivity contribution < 1.29 is 22.8 Å². The fourth-order valence-corrected chi connectivity index (χ4v) is 2.72. The summed E-state index contributed by atoms with van der Waals surface area (Å²) in [5.41, 5.74) is 5.34. The number of benzene rings is 2. The average molecular weight is 380 g/mol. The van der Waals surface area contributed by atoms with Crippen LogP contribution in [-0.4, -0.2) is 17.6 Å². The van der Waals surface area contributed by atoms with Crippen LogP contribution in [0.15, 0.2) is 59.5 Å². The van der Waals surface area contributed by atoms with Gasteiger partial charge in [-0.15, -0.1) is 11.8 Å². The van der Waals surface area contributed by atoms with E-state index in [9.17, 15) is 22.8 Å². The first-order valence-corrected chi connectivity index (χ1v) is 8.41. The molecule has 0 aliphatic rings. The topological polar surface area (TPSA) is 72.2 Å². The fraction of sp³-hybridized carbons (Fsp3) is 0.111. The lowest BCUT2D eigenvalue weighted by molar-refractivity contribution is -0.137. The van der Waals surface area contributed by atoms with Crippen LogP contribution < -0.4 is 11.1 Å². The maximum Gasteiger partial charge on any atom is 0.416 e. The lowest BCUT2D eigenvalue weighted by atomic mass is 10.1. The Morgan fingerprint density at radius 1 is 1.08 bits per heavy atom. The third-order valence-electron chi connectivity index (χ3n) is 3.18. The average Bonchev–Trinajstić information content (AvgIpc) is 2.59. The molecule has 3 N–H and O–H groups in total. The number of primary amides is 1. The SMILES string of the molecule is NC(=O)CSc1ccccc1NC(=O)C=Cc1ccc(C(F)(F)F)cc1. The van der Waals surface area contributed by atoms with Crippen LogP contribution >= 0.6 is 11.8 Å². The van der Waals surface area contributed by atoms with E-state index in [-0.39, 0.29) is 5.75 Å². The van der Waals surface area contributed by atoms with Gasteiger partial charge in [0.25, 0.3) is 0 Å². The van der Waals surface area contributed by atoms with Crippen molar-refractivity contribution in [3.8, 4) is 0 Å². The lowest BCUT2D eigenvalue weighted by Gasteiger charge is -2.08. The van der Waals surface area contributed by atoms with Gasteiger partial charge in [-0.05, 0) is 35.9 Å². The normalized spacial score (nSPS) is 11.5. The number of amides is 2. The summed E-state index contributed by atoms with van der Waals surface area (Å²) in [6.45, 7) is 0. The second-order valence-electron chi connectivity index (χ2n) is 5.19. The molecule has 8 heteroatoms. The molecule has 0 aromatic heterocycles. The Morgan fingerprint density at radius 3 is 2.35 bits per heavy atom. The summed E-state index contributed by atoms with van der Waals surface area (Å²) in [5.74, 6) is -0.843. The summed E-state index contributed by atoms with van der Waals surface area (Å²) in [5, 5.41) is 2.66. The number of halogens is 3. The molecule has 0 heterocycles. The summed E-state index contributed by atoms with van der Waals surface area (Å²) >= 11 is 1.20. The van der Waals surface area contributed by atoms with Crippen molar-refractivity contribution in [1.29, 1.82) is 0 Å². The maximum atomic E-state index is 12.5. The molecule has 2 aromatic carbocycles. The van der Waals surface area contributed by atoms with Gasteiger partial charge in [0.1, 0.15) is 0 Å². The molecular formula is C18H15F3N2O2S. The second-order valence-corrected chi connectivity index (χ2v) is 6.21. The van der Waals surface area contributed by atoms with Crippen LogP contribution in [0.4, 0.5) is 18.9 Å². The zero-order chi connectivity index (χ0) is 19.2. The van der Waals surface area contributed by atoms with Crippen molar-refractivity contribution in [3.63, 3.8) is 0 Å². The molecular weight excluding hydrogens is 365 g/mol. The van der Waals surface area contributed by atoms with Gasteiger partial charge in [-0.2, -0.15) is 13.2 Å². The smallest absolute Gasteiger partial charge is 0.369 e. The zero-order valence-electron chi connectivity index (χ0n) is 13.4. The largest absolute Gasteiger partial charge is 0.416 e. The van der Waals surface area contributed by atoms with Gasteiger partial charge in [0.2, 0.25) is 11.8 Å². The first-order valence-electron chi connectivity index (χ1n) is 7.42. The van der Waals surface area contributed by atoms with Crippen LogP contribution in [0.25, 0.3) is 6.08 Å². The molecule has 0 aliphatic heterocycles. The van der Waals surface area contributed by atoms with E-state index in [1.807, 2.05) is 0 Å². The van der Waals surface area contributed by atoms with E-state index in [0.29, 0.717) is 16.1 Å². The predicted octanol–water partition coefficient (Wildman–Crippen LogP) is 3.93. The molecule has 0 unspecified atom stereocenters. The number of thioether (sulfide) groups is 1. The monoisotopic (exact) mass is 380 g/mol. The number of para-hydroxylation sites is 1. The number of carbonyl (C=O) groups excluding carboxylic acids is 2. The van der Waals surface area contributed by atoms with E-state index in [4.69, 9.17) is 5.73 Å². The summed E-state index contributed by atoms with van der Waals surface area (Å²) in [6.07, 6.45) is -1.77. The van der Waals surface area contributed by atoms with Crippen LogP contribution in [0.3, 0.4) is 0 Å². The molecule has 0 saturated carbocycles. The number of nitrogens with one attached hydrogen (secondary N) is 1. The van der Waals surface area contributed by atoms with Crippen LogP contribution in [-0.2, 0) is 15.8 Å². The minimum atomic E-state index is -4.40. The molecule has 0 fully saturated rings. The molecule has 0 bridgehead atoms. The molecule has 26 heavy (non-hydrogen) atoms. The molecule has 0 saturated heterocycles.